The molecule has 1 amide bonds. The van der Waals surface area contributed by atoms with Crippen LogP contribution in [-0.2, 0) is 4.79 Å². The first-order valence-corrected chi connectivity index (χ1v) is 8.03. The predicted molar refractivity (Wildman–Crippen MR) is 93.6 cm³/mol. The molecule has 0 bridgehead atoms. The molecule has 25 heavy (non-hydrogen) atoms. The van der Waals surface area contributed by atoms with Crippen LogP contribution in [0.2, 0.25) is 5.02 Å². The van der Waals surface area contributed by atoms with Crippen molar-refractivity contribution in [3.63, 3.8) is 0 Å². The highest BCUT2D eigenvalue weighted by Crippen LogP contribution is 2.26. The van der Waals surface area contributed by atoms with Crippen molar-refractivity contribution in [2.24, 2.45) is 0 Å². The van der Waals surface area contributed by atoms with Crippen LogP contribution >= 0.6 is 11.6 Å². The minimum absolute atomic E-state index is 0.119. The van der Waals surface area contributed by atoms with Gasteiger partial charge < -0.3 is 9.88 Å². The van der Waals surface area contributed by atoms with Crippen molar-refractivity contribution in [1.29, 1.82) is 0 Å². The summed E-state index contributed by atoms with van der Waals surface area (Å²) in [4.78, 5) is 12.4. The lowest BCUT2D eigenvalue weighted by Crippen LogP contribution is -2.19. The summed E-state index contributed by atoms with van der Waals surface area (Å²) in [5, 5.41) is 2.82. The number of carbonyl (C=O) groups is 1. The third-order valence-electron chi connectivity index (χ3n) is 3.83. The summed E-state index contributed by atoms with van der Waals surface area (Å²) in [5.74, 6) is -1.09. The standard InChI is InChI=1S/C19H15ClF2N2O/c20-16-11-15(22)7-8-17(16)23-19(25)12-18(24-9-1-2-10-24)13-3-5-14(21)6-4-13/h1-11,18H,12H2,(H,23,25). The fraction of sp³-hybridized carbons (Fsp3) is 0.105. The molecule has 6 heteroatoms. The number of nitrogens with one attached hydrogen (secondary N) is 1. The third-order valence-corrected chi connectivity index (χ3v) is 4.14. The quantitative estimate of drug-likeness (QED) is 0.679. The first kappa shape index (κ1) is 17.2. The second-order valence-corrected chi connectivity index (χ2v) is 5.98. The maximum atomic E-state index is 13.2. The van der Waals surface area contributed by atoms with Crippen LogP contribution in [0.25, 0.3) is 0 Å². The van der Waals surface area contributed by atoms with Gasteiger partial charge in [-0.05, 0) is 48.0 Å². The Morgan fingerprint density at radius 3 is 2.32 bits per heavy atom. The van der Waals surface area contributed by atoms with Gasteiger partial charge >= 0.3 is 0 Å². The van der Waals surface area contributed by atoms with E-state index in [1.165, 1.54) is 24.3 Å². The molecule has 0 spiro atoms. The Kier molecular flexibility index (Phi) is 5.14. The molecule has 1 atom stereocenters. The molecule has 0 fully saturated rings. The van der Waals surface area contributed by atoms with Crippen LogP contribution in [0.4, 0.5) is 14.5 Å². The molecule has 0 aliphatic rings. The van der Waals surface area contributed by atoms with Crippen molar-refractivity contribution in [2.75, 3.05) is 5.32 Å². The number of benzene rings is 2. The van der Waals surface area contributed by atoms with Crippen LogP contribution < -0.4 is 5.32 Å². The Bertz CT molecular complexity index is 864. The van der Waals surface area contributed by atoms with Crippen LogP contribution in [0, 0.1) is 11.6 Å². The van der Waals surface area contributed by atoms with Gasteiger partial charge in [-0.3, -0.25) is 4.79 Å². The number of hydrogen-bond donors (Lipinski definition) is 1. The lowest BCUT2D eigenvalue weighted by atomic mass is 10.0. The molecule has 0 aliphatic carbocycles. The molecule has 1 heterocycles. The minimum atomic E-state index is -0.473. The van der Waals surface area contributed by atoms with E-state index in [0.717, 1.165) is 11.6 Å². The summed E-state index contributed by atoms with van der Waals surface area (Å²) in [6, 6.07) is 13.2. The second kappa shape index (κ2) is 7.49. The molecule has 1 N–H and O–H groups in total. The highest BCUT2D eigenvalue weighted by molar-refractivity contribution is 6.33. The molecule has 1 unspecified atom stereocenters. The zero-order valence-corrected chi connectivity index (χ0v) is 13.9. The van der Waals surface area contributed by atoms with Crippen molar-refractivity contribution in [1.82, 2.24) is 4.57 Å². The van der Waals surface area contributed by atoms with Crippen molar-refractivity contribution in [3.05, 3.63) is 89.2 Å². The molecule has 1 aromatic heterocycles. The third kappa shape index (κ3) is 4.25. The molecule has 0 aliphatic heterocycles. The zero-order valence-electron chi connectivity index (χ0n) is 13.1. The maximum Gasteiger partial charge on any atom is 0.226 e. The summed E-state index contributed by atoms with van der Waals surface area (Å²) in [6.07, 6.45) is 3.80. The largest absolute Gasteiger partial charge is 0.346 e. The Balaban J connectivity index is 1.80. The number of rotatable bonds is 5. The summed E-state index contributed by atoms with van der Waals surface area (Å²) in [7, 11) is 0. The molecular weight excluding hydrogens is 346 g/mol. The SMILES string of the molecule is O=C(CC(c1ccc(F)cc1)n1cccc1)Nc1ccc(F)cc1Cl. The normalized spacial score (nSPS) is 12.0. The van der Waals surface area contributed by atoms with Gasteiger partial charge in [0.25, 0.3) is 0 Å². The van der Waals surface area contributed by atoms with Gasteiger partial charge in [-0.25, -0.2) is 8.78 Å². The fourth-order valence-corrected chi connectivity index (χ4v) is 2.82. The van der Waals surface area contributed by atoms with E-state index in [1.807, 2.05) is 29.1 Å². The minimum Gasteiger partial charge on any atom is -0.346 e. The summed E-state index contributed by atoms with van der Waals surface area (Å²) >= 11 is 5.94. The van der Waals surface area contributed by atoms with Gasteiger partial charge in [-0.1, -0.05) is 23.7 Å². The lowest BCUT2D eigenvalue weighted by Gasteiger charge is -2.19. The zero-order chi connectivity index (χ0) is 17.8. The Morgan fingerprint density at radius 1 is 1.04 bits per heavy atom. The van der Waals surface area contributed by atoms with E-state index >= 15 is 0 Å². The van der Waals surface area contributed by atoms with Crippen molar-refractivity contribution in [2.45, 2.75) is 12.5 Å². The van der Waals surface area contributed by atoms with Gasteiger partial charge in [0, 0.05) is 12.4 Å². The molecule has 0 saturated heterocycles. The number of halogens is 3. The number of anilines is 1. The first-order chi connectivity index (χ1) is 12.0. The van der Waals surface area contributed by atoms with Crippen LogP contribution in [-0.4, -0.2) is 10.5 Å². The number of hydrogen-bond acceptors (Lipinski definition) is 1. The van der Waals surface area contributed by atoms with Gasteiger partial charge in [0.1, 0.15) is 11.6 Å². The molecule has 128 valence electrons. The van der Waals surface area contributed by atoms with Gasteiger partial charge in [0.15, 0.2) is 0 Å². The van der Waals surface area contributed by atoms with Crippen LogP contribution in [0.5, 0.6) is 0 Å². The Labute approximate surface area is 148 Å². The lowest BCUT2D eigenvalue weighted by molar-refractivity contribution is -0.116. The van der Waals surface area contributed by atoms with Crippen molar-refractivity contribution < 1.29 is 13.6 Å². The molecule has 2 aromatic carbocycles. The van der Waals surface area contributed by atoms with E-state index in [-0.39, 0.29) is 29.2 Å². The van der Waals surface area contributed by atoms with E-state index in [2.05, 4.69) is 5.32 Å². The van der Waals surface area contributed by atoms with Gasteiger partial charge in [0.05, 0.1) is 23.2 Å². The first-order valence-electron chi connectivity index (χ1n) is 7.66. The van der Waals surface area contributed by atoms with E-state index in [1.54, 1.807) is 12.1 Å². The summed E-state index contributed by atoms with van der Waals surface area (Å²) < 4.78 is 28.2. The van der Waals surface area contributed by atoms with Crippen molar-refractivity contribution in [3.8, 4) is 0 Å². The number of aromatic nitrogens is 1. The van der Waals surface area contributed by atoms with Gasteiger partial charge in [0.2, 0.25) is 5.91 Å². The van der Waals surface area contributed by atoms with E-state index in [4.69, 9.17) is 11.6 Å². The highest BCUT2D eigenvalue weighted by Gasteiger charge is 2.18. The monoisotopic (exact) mass is 360 g/mol. The molecule has 0 radical (unpaired) electrons. The second-order valence-electron chi connectivity index (χ2n) is 5.57. The van der Waals surface area contributed by atoms with Crippen LogP contribution in [0.15, 0.2) is 67.0 Å². The van der Waals surface area contributed by atoms with E-state index in [0.29, 0.717) is 5.69 Å². The highest BCUT2D eigenvalue weighted by atomic mass is 35.5. The van der Waals surface area contributed by atoms with E-state index < -0.39 is 5.82 Å². The average molecular weight is 361 g/mol. The maximum absolute atomic E-state index is 13.2. The summed E-state index contributed by atoms with van der Waals surface area (Å²) in [6.45, 7) is 0. The topological polar surface area (TPSA) is 34.0 Å². The van der Waals surface area contributed by atoms with Crippen LogP contribution in [0.3, 0.4) is 0 Å². The molecule has 0 saturated carbocycles. The Hall–Kier alpha value is -2.66. The average Bonchev–Trinajstić information content (AvgIpc) is 3.10. The fourth-order valence-electron chi connectivity index (χ4n) is 2.60. The predicted octanol–water partition coefficient (Wildman–Crippen LogP) is 5.04. The molecular formula is C19H15ClF2N2O. The molecule has 3 nitrogen and oxygen atoms in total. The number of nitrogens with zero attached hydrogens (tertiary/aromatic N) is 1. The van der Waals surface area contributed by atoms with Crippen LogP contribution in [0.1, 0.15) is 18.0 Å². The number of amides is 1. The smallest absolute Gasteiger partial charge is 0.226 e. The van der Waals surface area contributed by atoms with Crippen molar-refractivity contribution >= 4 is 23.2 Å². The van der Waals surface area contributed by atoms with E-state index in [9.17, 15) is 13.6 Å². The van der Waals surface area contributed by atoms with Gasteiger partial charge in [-0.15, -0.1) is 0 Å². The Morgan fingerprint density at radius 2 is 1.68 bits per heavy atom. The van der Waals surface area contributed by atoms with Gasteiger partial charge in [-0.2, -0.15) is 0 Å². The molecule has 3 aromatic rings. The number of carbonyl (C=O) groups excluding carboxylic acids is 1. The molecule has 3 rings (SSSR count). The summed E-state index contributed by atoms with van der Waals surface area (Å²) in [5.41, 5.74) is 1.15.